The maximum Gasteiger partial charge on any atom is 0.350 e. The summed E-state index contributed by atoms with van der Waals surface area (Å²) in [4.78, 5) is 21.7. The van der Waals surface area contributed by atoms with Crippen molar-refractivity contribution < 1.29 is 18.3 Å². The molecule has 3 aromatic carbocycles. The molecule has 0 N–H and O–H groups in total. The number of halogens is 2. The van der Waals surface area contributed by atoms with Crippen molar-refractivity contribution in [2.75, 3.05) is 49.2 Å². The van der Waals surface area contributed by atoms with Crippen molar-refractivity contribution in [2.45, 2.75) is 65.1 Å². The van der Waals surface area contributed by atoms with Crippen molar-refractivity contribution in [2.24, 2.45) is 5.92 Å². The minimum absolute atomic E-state index is 0.00191. The zero-order valence-corrected chi connectivity index (χ0v) is 31.4. The lowest BCUT2D eigenvalue weighted by Gasteiger charge is -2.37. The third-order valence-electron chi connectivity index (χ3n) is 10.2. The summed E-state index contributed by atoms with van der Waals surface area (Å²) in [5.41, 5.74) is 2.25. The number of ether oxygens (including phenoxy) is 2. The summed E-state index contributed by atoms with van der Waals surface area (Å²) >= 11 is 0. The van der Waals surface area contributed by atoms with Gasteiger partial charge in [0.05, 0.1) is 31.5 Å². The number of aromatic nitrogens is 6. The van der Waals surface area contributed by atoms with Crippen molar-refractivity contribution in [3.63, 3.8) is 0 Å². The number of hydrogen-bond donors (Lipinski definition) is 0. The van der Waals surface area contributed by atoms with E-state index in [0.29, 0.717) is 25.2 Å². The molecule has 0 saturated carbocycles. The first kappa shape index (κ1) is 38.3. The van der Waals surface area contributed by atoms with Crippen LogP contribution in [0.4, 0.5) is 20.2 Å². The van der Waals surface area contributed by atoms with E-state index in [2.05, 4.69) is 74.9 Å². The minimum atomic E-state index is -1.01. The van der Waals surface area contributed by atoms with Crippen LogP contribution in [0.25, 0.3) is 5.69 Å². The smallest absolute Gasteiger partial charge is 0.350 e. The molecule has 0 spiro atoms. The highest BCUT2D eigenvalue weighted by Crippen LogP contribution is 2.42. The quantitative estimate of drug-likeness (QED) is 0.132. The molecule has 11 nitrogen and oxygen atoms in total. The molecule has 13 heteroatoms. The summed E-state index contributed by atoms with van der Waals surface area (Å²) < 4.78 is 45.9. The van der Waals surface area contributed by atoms with E-state index in [1.54, 1.807) is 26.6 Å². The Labute approximate surface area is 315 Å². The standard InChI is InChI=1S/C37H42F2N8O3.C4H6/c1-3-29(4-2)47-36(48)46(26-42-47)32-8-6-30(7-9-32)43-15-17-44(18-16-43)31-10-12-33(13-11-31)49-21-27-20-37(50-22-27,23-45-25-40-24-41-45)34-14-5-28(38)19-35(34)39;1-3-4-2/h5-14,19,24-27,29H,3-4,15-18,20-23H2,1-2H3;1-2H3/t27-,37?;/m0./s1. The monoisotopic (exact) mass is 738 g/mol. The molecule has 2 aliphatic rings. The topological polar surface area (TPSA) is 95.5 Å². The van der Waals surface area contributed by atoms with Crippen LogP contribution in [0.15, 0.2) is 90.5 Å². The number of nitrogens with zero attached hydrogens (tertiary/aromatic N) is 8. The Hall–Kier alpha value is -5.48. The summed E-state index contributed by atoms with van der Waals surface area (Å²) in [6.45, 7) is 12.3. The van der Waals surface area contributed by atoms with Gasteiger partial charge in [-0.1, -0.05) is 19.9 Å². The molecule has 4 heterocycles. The Morgan fingerprint density at radius 2 is 1.50 bits per heavy atom. The molecular formula is C41H48F2N8O3. The van der Waals surface area contributed by atoms with Gasteiger partial charge >= 0.3 is 5.69 Å². The molecule has 2 aliphatic heterocycles. The molecule has 5 aromatic rings. The Morgan fingerprint density at radius 1 is 0.870 bits per heavy atom. The lowest BCUT2D eigenvalue weighted by atomic mass is 9.87. The highest BCUT2D eigenvalue weighted by molar-refractivity contribution is 5.54. The summed E-state index contributed by atoms with van der Waals surface area (Å²) in [6, 6.07) is 19.9. The average molecular weight is 739 g/mol. The summed E-state index contributed by atoms with van der Waals surface area (Å²) in [5, 5.41) is 8.55. The molecule has 1 unspecified atom stereocenters. The molecule has 54 heavy (non-hydrogen) atoms. The van der Waals surface area contributed by atoms with Gasteiger partial charge in [0.2, 0.25) is 0 Å². The first-order valence-electron chi connectivity index (χ1n) is 18.5. The zero-order chi connectivity index (χ0) is 38.1. The second kappa shape index (κ2) is 17.6. The number of hydrogen-bond acceptors (Lipinski definition) is 8. The minimum Gasteiger partial charge on any atom is -0.493 e. The molecular weight excluding hydrogens is 691 g/mol. The molecule has 2 saturated heterocycles. The Bertz CT molecular complexity index is 2050. The number of benzene rings is 3. The molecule has 284 valence electrons. The Balaban J connectivity index is 0.00000119. The molecule has 2 aromatic heterocycles. The number of anilines is 2. The fraction of sp³-hybridized carbons (Fsp3) is 0.415. The van der Waals surface area contributed by atoms with E-state index in [1.807, 2.05) is 38.1 Å². The van der Waals surface area contributed by atoms with Crippen LogP contribution in [0.3, 0.4) is 0 Å². The molecule has 7 rings (SSSR count). The van der Waals surface area contributed by atoms with Crippen LogP contribution >= 0.6 is 0 Å². The highest BCUT2D eigenvalue weighted by atomic mass is 19.1. The summed E-state index contributed by atoms with van der Waals surface area (Å²) in [5.74, 6) is 4.83. The first-order chi connectivity index (χ1) is 26.3. The van der Waals surface area contributed by atoms with Gasteiger partial charge in [0.25, 0.3) is 0 Å². The van der Waals surface area contributed by atoms with Crippen LogP contribution < -0.4 is 20.2 Å². The van der Waals surface area contributed by atoms with Crippen LogP contribution in [0.1, 0.15) is 58.6 Å². The SMILES string of the molecule is CC#CC.CCC(CC)n1ncn(-c2ccc(N3CCN(c4ccc(OC[C@H]5COC(Cn6cncn6)(c6ccc(F)cc6F)C5)cc4)CC3)cc2)c1=O. The van der Waals surface area contributed by atoms with E-state index in [0.717, 1.165) is 67.9 Å². The molecule has 2 fully saturated rings. The van der Waals surface area contributed by atoms with Gasteiger partial charge in [0.1, 0.15) is 42.0 Å². The van der Waals surface area contributed by atoms with Crippen molar-refractivity contribution in [1.29, 1.82) is 0 Å². The molecule has 0 bridgehead atoms. The Kier molecular flexibility index (Phi) is 12.4. The fourth-order valence-electron chi connectivity index (χ4n) is 7.18. The van der Waals surface area contributed by atoms with Gasteiger partial charge in [-0.05, 0) is 87.7 Å². The van der Waals surface area contributed by atoms with Crippen LogP contribution in [-0.4, -0.2) is 68.5 Å². The molecule has 0 radical (unpaired) electrons. The van der Waals surface area contributed by atoms with Crippen molar-refractivity contribution in [1.82, 2.24) is 29.1 Å². The lowest BCUT2D eigenvalue weighted by molar-refractivity contribution is -0.0206. The summed E-state index contributed by atoms with van der Waals surface area (Å²) in [6.07, 6.45) is 6.81. The first-order valence-corrected chi connectivity index (χ1v) is 18.5. The van der Waals surface area contributed by atoms with E-state index in [-0.39, 0.29) is 24.2 Å². The maximum atomic E-state index is 15.0. The zero-order valence-electron chi connectivity index (χ0n) is 31.4. The van der Waals surface area contributed by atoms with Gasteiger partial charge < -0.3 is 19.3 Å². The average Bonchev–Trinajstić information content (AvgIpc) is 3.96. The van der Waals surface area contributed by atoms with E-state index in [4.69, 9.17) is 9.47 Å². The van der Waals surface area contributed by atoms with E-state index < -0.39 is 17.2 Å². The third kappa shape index (κ3) is 8.66. The molecule has 2 atom stereocenters. The van der Waals surface area contributed by atoms with Crippen LogP contribution in [0.2, 0.25) is 0 Å². The normalized spacial score (nSPS) is 18.2. The van der Waals surface area contributed by atoms with E-state index >= 15 is 0 Å². The Morgan fingerprint density at radius 3 is 2.07 bits per heavy atom. The van der Waals surface area contributed by atoms with Gasteiger partial charge in [-0.25, -0.2) is 32.5 Å². The van der Waals surface area contributed by atoms with Gasteiger partial charge in [0, 0.05) is 55.1 Å². The molecule has 0 amide bonds. The maximum absolute atomic E-state index is 15.0. The summed E-state index contributed by atoms with van der Waals surface area (Å²) in [7, 11) is 0. The predicted molar refractivity (Wildman–Crippen MR) is 205 cm³/mol. The van der Waals surface area contributed by atoms with Crippen LogP contribution in [0, 0.1) is 29.4 Å². The van der Waals surface area contributed by atoms with Gasteiger partial charge in [-0.2, -0.15) is 10.2 Å². The highest BCUT2D eigenvalue weighted by Gasteiger charge is 2.44. The van der Waals surface area contributed by atoms with Crippen LogP contribution in [0.5, 0.6) is 5.75 Å². The fourth-order valence-corrected chi connectivity index (χ4v) is 7.18. The van der Waals surface area contributed by atoms with E-state index in [9.17, 15) is 13.6 Å². The van der Waals surface area contributed by atoms with E-state index in [1.165, 1.54) is 18.5 Å². The number of piperazine rings is 1. The second-order valence-electron chi connectivity index (χ2n) is 13.6. The number of rotatable bonds is 12. The second-order valence-corrected chi connectivity index (χ2v) is 13.6. The van der Waals surface area contributed by atoms with Crippen LogP contribution in [-0.2, 0) is 16.9 Å². The van der Waals surface area contributed by atoms with Gasteiger partial charge in [-0.15, -0.1) is 11.8 Å². The van der Waals surface area contributed by atoms with Crippen molar-refractivity contribution in [3.05, 3.63) is 113 Å². The van der Waals surface area contributed by atoms with Gasteiger partial charge in [-0.3, -0.25) is 0 Å². The van der Waals surface area contributed by atoms with Crippen molar-refractivity contribution >= 4 is 11.4 Å². The van der Waals surface area contributed by atoms with Gasteiger partial charge in [0.15, 0.2) is 0 Å². The lowest BCUT2D eigenvalue weighted by Crippen LogP contribution is -2.46. The van der Waals surface area contributed by atoms with Crippen molar-refractivity contribution in [3.8, 4) is 23.3 Å². The predicted octanol–water partition coefficient (Wildman–Crippen LogP) is 6.63. The third-order valence-corrected chi connectivity index (χ3v) is 10.2. The largest absolute Gasteiger partial charge is 0.493 e. The molecule has 0 aliphatic carbocycles.